The Morgan fingerprint density at radius 2 is 1.75 bits per heavy atom. The number of hydrogen-bond acceptors (Lipinski definition) is 2. The topological polar surface area (TPSA) is 26.3 Å². The maximum Gasteiger partial charge on any atom is 0.317 e. The zero-order chi connectivity index (χ0) is 17.4. The van der Waals surface area contributed by atoms with Crippen LogP contribution in [0.15, 0.2) is 54.6 Å². The fourth-order valence-electron chi connectivity index (χ4n) is 3.85. The summed E-state index contributed by atoms with van der Waals surface area (Å²) < 4.78 is 33.8. The molecule has 0 saturated heterocycles. The second kappa shape index (κ2) is 6.00. The maximum absolute atomic E-state index is 14.3. The van der Waals surface area contributed by atoms with E-state index in [4.69, 9.17) is 4.74 Å². The number of ether oxygens (including phenoxy) is 1. The van der Waals surface area contributed by atoms with Crippen molar-refractivity contribution in [3.05, 3.63) is 71.3 Å². The highest BCUT2D eigenvalue weighted by Crippen LogP contribution is 2.69. The van der Waals surface area contributed by atoms with Crippen molar-refractivity contribution in [2.75, 3.05) is 6.61 Å². The van der Waals surface area contributed by atoms with Gasteiger partial charge in [-0.1, -0.05) is 54.6 Å². The Labute approximate surface area is 140 Å². The Morgan fingerprint density at radius 1 is 1.12 bits per heavy atom. The van der Waals surface area contributed by atoms with Gasteiger partial charge in [-0.25, -0.2) is 8.78 Å². The molecule has 0 amide bonds. The molecule has 2 aromatic rings. The number of rotatable bonds is 5. The van der Waals surface area contributed by atoms with Crippen LogP contribution in [0.1, 0.15) is 30.0 Å². The minimum absolute atomic E-state index is 0.0609. The number of aryl methyl sites for hydroxylation is 1. The standard InChI is InChI=1S/C20H20F2O2/c1-3-24-18(23)20(16-12-8-7-9-14(16)2)13-19(20,17(21)22)15-10-5-4-6-11-15/h4-12,17H,3,13H2,1-2H3/t19-,20+/m0/s1. The van der Waals surface area contributed by atoms with E-state index in [-0.39, 0.29) is 13.0 Å². The van der Waals surface area contributed by atoms with Crippen LogP contribution in [0, 0.1) is 6.92 Å². The van der Waals surface area contributed by atoms with Gasteiger partial charge in [-0.15, -0.1) is 0 Å². The second-order valence-electron chi connectivity index (χ2n) is 6.26. The lowest BCUT2D eigenvalue weighted by atomic mass is 9.80. The van der Waals surface area contributed by atoms with Crippen LogP contribution in [0.4, 0.5) is 8.78 Å². The first-order chi connectivity index (χ1) is 11.5. The molecule has 0 N–H and O–H groups in total. The lowest BCUT2D eigenvalue weighted by molar-refractivity contribution is -0.147. The molecule has 0 aromatic heterocycles. The van der Waals surface area contributed by atoms with Crippen molar-refractivity contribution in [3.63, 3.8) is 0 Å². The van der Waals surface area contributed by atoms with Gasteiger partial charge >= 0.3 is 5.97 Å². The number of carbonyl (C=O) groups excluding carboxylic acids is 1. The molecule has 126 valence electrons. The van der Waals surface area contributed by atoms with E-state index in [1.54, 1.807) is 49.4 Å². The quantitative estimate of drug-likeness (QED) is 0.760. The lowest BCUT2D eigenvalue weighted by Gasteiger charge is -2.26. The molecule has 0 radical (unpaired) electrons. The van der Waals surface area contributed by atoms with E-state index >= 15 is 0 Å². The predicted molar refractivity (Wildman–Crippen MR) is 88.2 cm³/mol. The molecule has 1 aliphatic carbocycles. The van der Waals surface area contributed by atoms with Crippen LogP contribution < -0.4 is 0 Å². The lowest BCUT2D eigenvalue weighted by Crippen LogP contribution is -2.37. The average Bonchev–Trinajstić information content (AvgIpc) is 3.29. The average molecular weight is 330 g/mol. The van der Waals surface area contributed by atoms with Crippen molar-refractivity contribution in [1.29, 1.82) is 0 Å². The Balaban J connectivity index is 2.22. The third-order valence-electron chi connectivity index (χ3n) is 5.07. The molecule has 1 aliphatic rings. The molecule has 2 atom stereocenters. The summed E-state index contributed by atoms with van der Waals surface area (Å²) in [5.41, 5.74) is -0.927. The van der Waals surface area contributed by atoms with Gasteiger partial charge in [0.1, 0.15) is 5.41 Å². The van der Waals surface area contributed by atoms with Crippen molar-refractivity contribution >= 4 is 5.97 Å². The van der Waals surface area contributed by atoms with Crippen LogP contribution in [0.25, 0.3) is 0 Å². The summed E-state index contributed by atoms with van der Waals surface area (Å²) in [5, 5.41) is 0. The van der Waals surface area contributed by atoms with E-state index in [9.17, 15) is 13.6 Å². The van der Waals surface area contributed by atoms with Crippen LogP contribution in [0.2, 0.25) is 0 Å². The van der Waals surface area contributed by atoms with E-state index in [2.05, 4.69) is 0 Å². The number of alkyl halides is 2. The summed E-state index contributed by atoms with van der Waals surface area (Å²) >= 11 is 0. The summed E-state index contributed by atoms with van der Waals surface area (Å²) in [4.78, 5) is 12.8. The molecule has 3 rings (SSSR count). The summed E-state index contributed by atoms with van der Waals surface area (Å²) in [6, 6.07) is 15.8. The molecule has 0 unspecified atom stereocenters. The Bertz CT molecular complexity index is 744. The second-order valence-corrected chi connectivity index (χ2v) is 6.26. The van der Waals surface area contributed by atoms with E-state index in [1.807, 2.05) is 19.1 Å². The van der Waals surface area contributed by atoms with Gasteiger partial charge in [-0.2, -0.15) is 0 Å². The van der Waals surface area contributed by atoms with E-state index in [0.717, 1.165) is 5.56 Å². The summed E-state index contributed by atoms with van der Waals surface area (Å²) in [7, 11) is 0. The first-order valence-electron chi connectivity index (χ1n) is 8.07. The van der Waals surface area contributed by atoms with Gasteiger partial charge in [0.25, 0.3) is 0 Å². The summed E-state index contributed by atoms with van der Waals surface area (Å²) in [6.45, 7) is 3.70. The van der Waals surface area contributed by atoms with Gasteiger partial charge in [0.2, 0.25) is 6.43 Å². The van der Waals surface area contributed by atoms with Crippen molar-refractivity contribution < 1.29 is 18.3 Å². The van der Waals surface area contributed by atoms with Gasteiger partial charge in [0.05, 0.1) is 12.0 Å². The smallest absolute Gasteiger partial charge is 0.317 e. The normalized spacial score (nSPS) is 25.5. The molecule has 0 heterocycles. The monoisotopic (exact) mass is 330 g/mol. The van der Waals surface area contributed by atoms with Gasteiger partial charge in [-0.05, 0) is 37.0 Å². The Morgan fingerprint density at radius 3 is 2.33 bits per heavy atom. The highest BCUT2D eigenvalue weighted by atomic mass is 19.3. The minimum atomic E-state index is -2.66. The molecule has 0 aliphatic heterocycles. The van der Waals surface area contributed by atoms with E-state index in [0.29, 0.717) is 11.1 Å². The van der Waals surface area contributed by atoms with Crippen molar-refractivity contribution in [2.24, 2.45) is 0 Å². The molecular weight excluding hydrogens is 310 g/mol. The van der Waals surface area contributed by atoms with Gasteiger partial charge in [-0.3, -0.25) is 4.79 Å². The number of carbonyl (C=O) groups is 1. The summed E-state index contributed by atoms with van der Waals surface area (Å²) in [5.74, 6) is -0.566. The van der Waals surface area contributed by atoms with Crippen LogP contribution in [0.5, 0.6) is 0 Å². The number of halogens is 2. The minimum Gasteiger partial charge on any atom is -0.465 e. The van der Waals surface area contributed by atoms with Gasteiger partial charge < -0.3 is 4.74 Å². The van der Waals surface area contributed by atoms with Crippen molar-refractivity contribution in [2.45, 2.75) is 37.5 Å². The van der Waals surface area contributed by atoms with Gasteiger partial charge in [0, 0.05) is 0 Å². The number of benzene rings is 2. The fourth-order valence-corrected chi connectivity index (χ4v) is 3.85. The van der Waals surface area contributed by atoms with E-state index < -0.39 is 23.2 Å². The first kappa shape index (κ1) is 16.6. The highest BCUT2D eigenvalue weighted by Gasteiger charge is 2.79. The first-order valence-corrected chi connectivity index (χ1v) is 8.07. The van der Waals surface area contributed by atoms with Crippen LogP contribution in [0.3, 0.4) is 0 Å². The van der Waals surface area contributed by atoms with Crippen molar-refractivity contribution in [3.8, 4) is 0 Å². The Hall–Kier alpha value is -2.23. The highest BCUT2D eigenvalue weighted by molar-refractivity contribution is 5.92. The molecule has 4 heteroatoms. The van der Waals surface area contributed by atoms with E-state index in [1.165, 1.54) is 0 Å². The molecular formula is C20H20F2O2. The Kier molecular flexibility index (Phi) is 4.16. The maximum atomic E-state index is 14.3. The largest absolute Gasteiger partial charge is 0.465 e. The molecule has 1 saturated carbocycles. The fraction of sp³-hybridized carbons (Fsp3) is 0.350. The van der Waals surface area contributed by atoms with Gasteiger partial charge in [0.15, 0.2) is 0 Å². The molecule has 2 aromatic carbocycles. The zero-order valence-electron chi connectivity index (χ0n) is 13.8. The molecule has 0 spiro atoms. The van der Waals surface area contributed by atoms with Crippen LogP contribution in [-0.4, -0.2) is 19.0 Å². The third-order valence-corrected chi connectivity index (χ3v) is 5.07. The SMILES string of the molecule is CCOC(=O)[C@]1(c2ccccc2C)C[C@]1(c1ccccc1)C(F)F. The number of esters is 1. The van der Waals surface area contributed by atoms with Crippen molar-refractivity contribution in [1.82, 2.24) is 0 Å². The molecule has 0 bridgehead atoms. The van der Waals surface area contributed by atoms with Crippen LogP contribution >= 0.6 is 0 Å². The number of hydrogen-bond donors (Lipinski definition) is 0. The molecule has 24 heavy (non-hydrogen) atoms. The molecule has 1 fully saturated rings. The summed E-state index contributed by atoms with van der Waals surface area (Å²) in [6.07, 6.45) is -2.60. The third kappa shape index (κ3) is 2.16. The zero-order valence-corrected chi connectivity index (χ0v) is 13.8. The molecule has 2 nitrogen and oxygen atoms in total. The predicted octanol–water partition coefficient (Wildman–Crippen LogP) is 4.40. The van der Waals surface area contributed by atoms with Crippen LogP contribution in [-0.2, 0) is 20.4 Å².